The molecule has 0 bridgehead atoms. The Hall–Kier alpha value is -3.24. The number of nitro benzene ring substituents is 1. The van der Waals surface area contributed by atoms with Crippen LogP contribution in [0.5, 0.6) is 11.5 Å². The van der Waals surface area contributed by atoms with Crippen molar-refractivity contribution in [1.29, 1.82) is 0 Å². The third-order valence-corrected chi connectivity index (χ3v) is 3.80. The molecule has 0 fully saturated rings. The fourth-order valence-corrected chi connectivity index (χ4v) is 2.55. The molecular weight excluding hydrogens is 380 g/mol. The van der Waals surface area contributed by atoms with E-state index in [1.165, 1.54) is 7.11 Å². The molecule has 0 spiro atoms. The number of methoxy groups -OCH3 is 1. The highest BCUT2D eigenvalue weighted by atomic mass is 19.3. The monoisotopic (exact) mass is 399 g/mol. The number of aryl methyl sites for hydroxylation is 3. The van der Waals surface area contributed by atoms with Gasteiger partial charge in [0, 0.05) is 5.69 Å². The molecular formula is C17H19F2N3O6. The lowest BCUT2D eigenvalue weighted by molar-refractivity contribution is -0.386. The number of rotatable bonds is 9. The molecule has 0 unspecified atom stereocenters. The van der Waals surface area contributed by atoms with Crippen molar-refractivity contribution < 1.29 is 32.7 Å². The minimum Gasteiger partial charge on any atom is -0.493 e. The summed E-state index contributed by atoms with van der Waals surface area (Å²) in [4.78, 5) is 22.4. The normalized spacial score (nSPS) is 10.8. The molecule has 1 heterocycles. The Morgan fingerprint density at radius 1 is 1.29 bits per heavy atom. The van der Waals surface area contributed by atoms with E-state index < -0.39 is 35.5 Å². The zero-order valence-corrected chi connectivity index (χ0v) is 15.5. The standard InChI is InChI=1S/C17H19F2N3O6/c1-10-6-11(2)21(20-10)5-4-16(23)27-9-12-7-14(26-3)15(28-17(18)19)8-13(12)22(24)25/h6-8,17H,4-5,9H2,1-3H3. The van der Waals surface area contributed by atoms with Crippen molar-refractivity contribution >= 4 is 11.7 Å². The maximum Gasteiger partial charge on any atom is 0.387 e. The van der Waals surface area contributed by atoms with Crippen LogP contribution in [0.2, 0.25) is 0 Å². The van der Waals surface area contributed by atoms with E-state index in [2.05, 4.69) is 9.84 Å². The number of aromatic nitrogens is 2. The molecule has 28 heavy (non-hydrogen) atoms. The highest BCUT2D eigenvalue weighted by Gasteiger charge is 2.22. The van der Waals surface area contributed by atoms with Gasteiger partial charge in [0.15, 0.2) is 11.5 Å². The van der Waals surface area contributed by atoms with Crippen molar-refractivity contribution in [2.75, 3.05) is 7.11 Å². The third kappa shape index (κ3) is 5.38. The summed E-state index contributed by atoms with van der Waals surface area (Å²) in [6.45, 7) is 0.383. The molecule has 2 aromatic rings. The average molecular weight is 399 g/mol. The minimum atomic E-state index is -3.17. The Balaban J connectivity index is 2.08. The smallest absolute Gasteiger partial charge is 0.387 e. The van der Waals surface area contributed by atoms with Crippen LogP contribution in [0, 0.1) is 24.0 Å². The van der Waals surface area contributed by atoms with E-state index in [-0.39, 0.29) is 17.7 Å². The molecule has 11 heteroatoms. The van der Waals surface area contributed by atoms with Gasteiger partial charge >= 0.3 is 12.6 Å². The fourth-order valence-electron chi connectivity index (χ4n) is 2.55. The first kappa shape index (κ1) is 21.1. The number of nitro groups is 1. The zero-order valence-electron chi connectivity index (χ0n) is 15.5. The lowest BCUT2D eigenvalue weighted by Crippen LogP contribution is -2.12. The van der Waals surface area contributed by atoms with Gasteiger partial charge < -0.3 is 14.2 Å². The van der Waals surface area contributed by atoms with Crippen molar-refractivity contribution in [3.8, 4) is 11.5 Å². The van der Waals surface area contributed by atoms with Gasteiger partial charge in [-0.25, -0.2) is 0 Å². The number of esters is 1. The number of halogens is 2. The average Bonchev–Trinajstić information content (AvgIpc) is 2.95. The van der Waals surface area contributed by atoms with Crippen LogP contribution in [0.1, 0.15) is 23.4 Å². The summed E-state index contributed by atoms with van der Waals surface area (Å²) in [7, 11) is 1.20. The molecule has 152 valence electrons. The van der Waals surface area contributed by atoms with Crippen LogP contribution >= 0.6 is 0 Å². The quantitative estimate of drug-likeness (QED) is 0.362. The van der Waals surface area contributed by atoms with E-state index in [0.29, 0.717) is 6.54 Å². The number of benzene rings is 1. The molecule has 0 saturated heterocycles. The van der Waals surface area contributed by atoms with Gasteiger partial charge in [0.25, 0.3) is 5.69 Å². The summed E-state index contributed by atoms with van der Waals surface area (Å²) in [5.41, 5.74) is 1.17. The van der Waals surface area contributed by atoms with Gasteiger partial charge in [0.05, 0.1) is 42.3 Å². The van der Waals surface area contributed by atoms with Crippen LogP contribution in [0.4, 0.5) is 14.5 Å². The van der Waals surface area contributed by atoms with Crippen LogP contribution in [0.3, 0.4) is 0 Å². The second-order valence-electron chi connectivity index (χ2n) is 5.83. The Kier molecular flexibility index (Phi) is 6.85. The van der Waals surface area contributed by atoms with Gasteiger partial charge in [-0.15, -0.1) is 0 Å². The summed E-state index contributed by atoms with van der Waals surface area (Å²) in [6.07, 6.45) is 0.0134. The first-order valence-electron chi connectivity index (χ1n) is 8.18. The summed E-state index contributed by atoms with van der Waals surface area (Å²) in [6, 6.07) is 3.80. The predicted octanol–water partition coefficient (Wildman–Crippen LogP) is 3.15. The number of carbonyl (C=O) groups excluding carboxylic acids is 1. The lowest BCUT2D eigenvalue weighted by atomic mass is 10.1. The Labute approximate surface area is 159 Å². The van der Waals surface area contributed by atoms with Gasteiger partial charge in [0.2, 0.25) is 0 Å². The SMILES string of the molecule is COc1cc(COC(=O)CCn2nc(C)cc2C)c([N+](=O)[O-])cc1OC(F)F. The topological polar surface area (TPSA) is 106 Å². The van der Waals surface area contributed by atoms with Gasteiger partial charge in [0.1, 0.15) is 6.61 Å². The molecule has 0 N–H and O–H groups in total. The van der Waals surface area contributed by atoms with Crippen LogP contribution in [0.25, 0.3) is 0 Å². The van der Waals surface area contributed by atoms with E-state index in [4.69, 9.17) is 9.47 Å². The molecule has 9 nitrogen and oxygen atoms in total. The first-order chi connectivity index (χ1) is 13.2. The molecule has 1 aromatic heterocycles. The van der Waals surface area contributed by atoms with Crippen LogP contribution < -0.4 is 9.47 Å². The first-order valence-corrected chi connectivity index (χ1v) is 8.18. The Bertz CT molecular complexity index is 869. The number of carbonyl (C=O) groups is 1. The zero-order chi connectivity index (χ0) is 20.8. The van der Waals surface area contributed by atoms with Crippen molar-refractivity contribution in [2.24, 2.45) is 0 Å². The summed E-state index contributed by atoms with van der Waals surface area (Å²) >= 11 is 0. The molecule has 1 aromatic carbocycles. The van der Waals surface area contributed by atoms with Gasteiger partial charge in [-0.05, 0) is 26.0 Å². The molecule has 0 atom stereocenters. The van der Waals surface area contributed by atoms with E-state index in [1.807, 2.05) is 19.9 Å². The third-order valence-electron chi connectivity index (χ3n) is 3.80. The molecule has 0 aliphatic rings. The van der Waals surface area contributed by atoms with Crippen LogP contribution in [0.15, 0.2) is 18.2 Å². The van der Waals surface area contributed by atoms with E-state index in [1.54, 1.807) is 4.68 Å². The van der Waals surface area contributed by atoms with Crippen molar-refractivity contribution in [1.82, 2.24) is 9.78 Å². The van der Waals surface area contributed by atoms with E-state index in [0.717, 1.165) is 23.5 Å². The van der Waals surface area contributed by atoms with Crippen molar-refractivity contribution in [3.05, 3.63) is 45.3 Å². The molecule has 0 aliphatic carbocycles. The number of ether oxygens (including phenoxy) is 3. The fraction of sp³-hybridized carbons (Fsp3) is 0.412. The second-order valence-corrected chi connectivity index (χ2v) is 5.83. The highest BCUT2D eigenvalue weighted by molar-refractivity contribution is 5.69. The minimum absolute atomic E-state index is 0.0112. The molecule has 0 saturated carbocycles. The maximum absolute atomic E-state index is 12.5. The summed E-state index contributed by atoms with van der Waals surface area (Å²) < 4.78 is 40.8. The van der Waals surface area contributed by atoms with Crippen LogP contribution in [-0.4, -0.2) is 34.4 Å². The molecule has 0 amide bonds. The van der Waals surface area contributed by atoms with Crippen molar-refractivity contribution in [3.63, 3.8) is 0 Å². The van der Waals surface area contributed by atoms with E-state index in [9.17, 15) is 23.7 Å². The predicted molar refractivity (Wildman–Crippen MR) is 92.4 cm³/mol. The molecule has 0 radical (unpaired) electrons. The highest BCUT2D eigenvalue weighted by Crippen LogP contribution is 2.36. The largest absolute Gasteiger partial charge is 0.493 e. The number of hydrogen-bond acceptors (Lipinski definition) is 7. The Morgan fingerprint density at radius 3 is 2.54 bits per heavy atom. The van der Waals surface area contributed by atoms with Crippen LogP contribution in [-0.2, 0) is 22.7 Å². The number of alkyl halides is 2. The van der Waals surface area contributed by atoms with Gasteiger partial charge in [-0.3, -0.25) is 19.6 Å². The second kappa shape index (κ2) is 9.11. The van der Waals surface area contributed by atoms with Gasteiger partial charge in [-0.1, -0.05) is 0 Å². The van der Waals surface area contributed by atoms with Gasteiger partial charge in [-0.2, -0.15) is 13.9 Å². The lowest BCUT2D eigenvalue weighted by Gasteiger charge is -2.12. The summed E-state index contributed by atoms with van der Waals surface area (Å²) in [5, 5.41) is 15.4. The van der Waals surface area contributed by atoms with Crippen molar-refractivity contribution in [2.45, 2.75) is 40.0 Å². The number of hydrogen-bond donors (Lipinski definition) is 0. The maximum atomic E-state index is 12.5. The number of nitrogens with zero attached hydrogens (tertiary/aromatic N) is 3. The Morgan fingerprint density at radius 2 is 2.00 bits per heavy atom. The van der Waals surface area contributed by atoms with E-state index >= 15 is 0 Å². The molecule has 0 aliphatic heterocycles. The molecule has 2 rings (SSSR count). The summed E-state index contributed by atoms with van der Waals surface area (Å²) in [5.74, 6) is -1.21.